The second-order valence-electron chi connectivity index (χ2n) is 5.86. The van der Waals surface area contributed by atoms with E-state index in [4.69, 9.17) is 21.1 Å². The van der Waals surface area contributed by atoms with E-state index >= 15 is 0 Å². The van der Waals surface area contributed by atoms with Gasteiger partial charge in [0.25, 0.3) is 0 Å². The summed E-state index contributed by atoms with van der Waals surface area (Å²) in [7, 11) is 0. The summed E-state index contributed by atoms with van der Waals surface area (Å²) in [5.41, 5.74) is 5.97. The van der Waals surface area contributed by atoms with Crippen molar-refractivity contribution in [3.63, 3.8) is 0 Å². The van der Waals surface area contributed by atoms with Crippen LogP contribution in [0.15, 0.2) is 12.5 Å². The Morgan fingerprint density at radius 2 is 1.68 bits per heavy atom. The van der Waals surface area contributed by atoms with E-state index in [2.05, 4.69) is 15.3 Å². The molecule has 1 aromatic heterocycles. The molecule has 1 aromatic rings. The van der Waals surface area contributed by atoms with Crippen LogP contribution < -0.4 is 16.4 Å². The van der Waals surface area contributed by atoms with Gasteiger partial charge in [0.1, 0.15) is 12.1 Å². The number of nitrogens with zero attached hydrogens (tertiary/aromatic N) is 1. The average molecular weight is 399 g/mol. The lowest BCUT2D eigenvalue weighted by molar-refractivity contribution is -0.147. The van der Waals surface area contributed by atoms with Gasteiger partial charge >= 0.3 is 17.9 Å². The van der Waals surface area contributed by atoms with Crippen LogP contribution in [0, 0.1) is 0 Å². The largest absolute Gasteiger partial charge is 0.481 e. The molecule has 0 saturated carbocycles. The smallest absolute Gasteiger partial charge is 0.326 e. The number of aromatic amines is 1. The Hall–Kier alpha value is -3.48. The third-order valence-electron chi connectivity index (χ3n) is 3.60. The number of H-pyrrole nitrogens is 1. The highest BCUT2D eigenvalue weighted by molar-refractivity contribution is 5.93. The molecule has 1 heterocycles. The van der Waals surface area contributed by atoms with Gasteiger partial charge in [-0.05, 0) is 6.42 Å². The molecule has 0 aliphatic heterocycles. The van der Waals surface area contributed by atoms with E-state index < -0.39 is 54.3 Å². The minimum atomic E-state index is -1.70. The summed E-state index contributed by atoms with van der Waals surface area (Å²) in [5.74, 6) is -5.90. The Kier molecular flexibility index (Phi) is 8.55. The zero-order valence-corrected chi connectivity index (χ0v) is 14.6. The SMILES string of the molecule is N[C@@H](CCC(=O)O)C(=O)N[C@@H](Cc1c[nH]cn1)C(=O)N[C@@H](CC(=O)O)C(=O)O. The highest BCUT2D eigenvalue weighted by Crippen LogP contribution is 2.03. The highest BCUT2D eigenvalue weighted by atomic mass is 16.4. The van der Waals surface area contributed by atoms with E-state index in [1.54, 1.807) is 0 Å². The second-order valence-corrected chi connectivity index (χ2v) is 5.86. The monoisotopic (exact) mass is 399 g/mol. The first-order valence-corrected chi connectivity index (χ1v) is 8.10. The summed E-state index contributed by atoms with van der Waals surface area (Å²) < 4.78 is 0. The van der Waals surface area contributed by atoms with E-state index in [-0.39, 0.29) is 19.3 Å². The Morgan fingerprint density at radius 1 is 1.04 bits per heavy atom. The quantitative estimate of drug-likeness (QED) is 0.198. The summed E-state index contributed by atoms with van der Waals surface area (Å²) in [6.07, 6.45) is 1.26. The Labute approximate surface area is 158 Å². The van der Waals surface area contributed by atoms with Crippen LogP contribution in [0.3, 0.4) is 0 Å². The molecule has 13 nitrogen and oxygen atoms in total. The number of hydrogen-bond acceptors (Lipinski definition) is 7. The van der Waals surface area contributed by atoms with Crippen LogP contribution in [0.2, 0.25) is 0 Å². The van der Waals surface area contributed by atoms with Crippen LogP contribution in [0.4, 0.5) is 0 Å². The number of amides is 2. The van der Waals surface area contributed by atoms with Crippen LogP contribution in [-0.4, -0.2) is 73.1 Å². The van der Waals surface area contributed by atoms with E-state index in [9.17, 15) is 24.0 Å². The van der Waals surface area contributed by atoms with Crippen LogP contribution in [-0.2, 0) is 30.4 Å². The van der Waals surface area contributed by atoms with Gasteiger partial charge in [-0.25, -0.2) is 9.78 Å². The summed E-state index contributed by atoms with van der Waals surface area (Å²) in [6.45, 7) is 0. The van der Waals surface area contributed by atoms with Crippen LogP contribution >= 0.6 is 0 Å². The topological polar surface area (TPSA) is 225 Å². The average Bonchev–Trinajstić information content (AvgIpc) is 3.10. The number of carboxylic acids is 3. The molecule has 0 aromatic carbocycles. The molecule has 3 atom stereocenters. The first-order valence-electron chi connectivity index (χ1n) is 8.10. The van der Waals surface area contributed by atoms with Gasteiger partial charge in [-0.1, -0.05) is 0 Å². The Balaban J connectivity index is 2.87. The molecule has 0 aliphatic carbocycles. The van der Waals surface area contributed by atoms with E-state index in [1.165, 1.54) is 12.5 Å². The number of rotatable bonds is 12. The van der Waals surface area contributed by atoms with Gasteiger partial charge in [0, 0.05) is 19.0 Å². The molecule has 0 aliphatic rings. The number of hydrogen-bond donors (Lipinski definition) is 7. The van der Waals surface area contributed by atoms with Crippen molar-refractivity contribution in [1.29, 1.82) is 0 Å². The molecule has 8 N–H and O–H groups in total. The molecule has 0 saturated heterocycles. The van der Waals surface area contributed by atoms with Crippen molar-refractivity contribution in [2.45, 2.75) is 43.8 Å². The molecule has 2 amide bonds. The lowest BCUT2D eigenvalue weighted by Gasteiger charge is -2.22. The molecule has 1 rings (SSSR count). The lowest BCUT2D eigenvalue weighted by Crippen LogP contribution is -2.55. The molecule has 28 heavy (non-hydrogen) atoms. The van der Waals surface area contributed by atoms with Gasteiger partial charge in [0.15, 0.2) is 0 Å². The van der Waals surface area contributed by atoms with Gasteiger partial charge in [-0.3, -0.25) is 19.2 Å². The van der Waals surface area contributed by atoms with E-state index in [0.29, 0.717) is 5.69 Å². The molecule has 0 bridgehead atoms. The number of carbonyl (C=O) groups is 5. The van der Waals surface area contributed by atoms with Gasteiger partial charge in [-0.15, -0.1) is 0 Å². The third-order valence-corrected chi connectivity index (χ3v) is 3.60. The van der Waals surface area contributed by atoms with Crippen LogP contribution in [0.5, 0.6) is 0 Å². The molecular weight excluding hydrogens is 378 g/mol. The van der Waals surface area contributed by atoms with Crippen molar-refractivity contribution in [1.82, 2.24) is 20.6 Å². The number of carboxylic acid groups (broad SMARTS) is 3. The summed E-state index contributed by atoms with van der Waals surface area (Å²) in [6, 6.07) is -4.22. The fraction of sp³-hybridized carbons (Fsp3) is 0.467. The first-order chi connectivity index (χ1) is 13.1. The number of nitrogens with one attached hydrogen (secondary N) is 3. The summed E-state index contributed by atoms with van der Waals surface area (Å²) >= 11 is 0. The molecule has 154 valence electrons. The second kappa shape index (κ2) is 10.6. The fourth-order valence-corrected chi connectivity index (χ4v) is 2.16. The van der Waals surface area contributed by atoms with Crippen molar-refractivity contribution in [2.24, 2.45) is 5.73 Å². The zero-order chi connectivity index (χ0) is 21.3. The number of carbonyl (C=O) groups excluding carboxylic acids is 2. The van der Waals surface area contributed by atoms with Crippen molar-refractivity contribution >= 4 is 29.7 Å². The summed E-state index contributed by atoms with van der Waals surface area (Å²) in [4.78, 5) is 63.6. The number of nitrogens with two attached hydrogens (primary N) is 1. The number of aromatic nitrogens is 2. The highest BCUT2D eigenvalue weighted by Gasteiger charge is 2.29. The minimum absolute atomic E-state index is 0.133. The van der Waals surface area contributed by atoms with E-state index in [0.717, 1.165) is 0 Å². The van der Waals surface area contributed by atoms with Gasteiger partial charge in [-0.2, -0.15) is 0 Å². The fourth-order valence-electron chi connectivity index (χ4n) is 2.16. The predicted molar refractivity (Wildman–Crippen MR) is 90.9 cm³/mol. The first kappa shape index (κ1) is 22.6. The molecule has 0 fully saturated rings. The Morgan fingerprint density at radius 3 is 2.18 bits per heavy atom. The molecule has 0 unspecified atom stereocenters. The predicted octanol–water partition coefficient (Wildman–Crippen LogP) is -2.33. The third kappa shape index (κ3) is 7.82. The zero-order valence-electron chi connectivity index (χ0n) is 14.6. The maximum absolute atomic E-state index is 12.4. The molecule has 0 radical (unpaired) electrons. The van der Waals surface area contributed by atoms with Crippen molar-refractivity contribution in [3.05, 3.63) is 18.2 Å². The molecule has 13 heteroatoms. The maximum atomic E-state index is 12.4. The molecular formula is C15H21N5O8. The summed E-state index contributed by atoms with van der Waals surface area (Å²) in [5, 5.41) is 30.8. The normalized spacial score (nSPS) is 13.8. The van der Waals surface area contributed by atoms with Gasteiger partial charge < -0.3 is 36.7 Å². The van der Waals surface area contributed by atoms with Crippen LogP contribution in [0.25, 0.3) is 0 Å². The standard InChI is InChI=1S/C15H21N5O8/c16-8(1-2-11(21)22)13(25)19-9(3-7-5-17-6-18-7)14(26)20-10(15(27)28)4-12(23)24/h5-6,8-10H,1-4,16H2,(H,17,18)(H,19,25)(H,20,26)(H,21,22)(H,23,24)(H,27,28)/t8-,9-,10-/m0/s1. The maximum Gasteiger partial charge on any atom is 0.326 e. The van der Waals surface area contributed by atoms with Gasteiger partial charge in [0.05, 0.1) is 24.5 Å². The molecule has 0 spiro atoms. The Bertz CT molecular complexity index is 720. The van der Waals surface area contributed by atoms with Crippen molar-refractivity contribution in [2.75, 3.05) is 0 Å². The number of imidazole rings is 1. The number of aliphatic carboxylic acids is 3. The lowest BCUT2D eigenvalue weighted by atomic mass is 10.1. The van der Waals surface area contributed by atoms with Crippen molar-refractivity contribution in [3.8, 4) is 0 Å². The van der Waals surface area contributed by atoms with E-state index in [1.807, 2.05) is 5.32 Å². The minimum Gasteiger partial charge on any atom is -0.481 e. The van der Waals surface area contributed by atoms with Gasteiger partial charge in [0.2, 0.25) is 11.8 Å². The van der Waals surface area contributed by atoms with Crippen LogP contribution in [0.1, 0.15) is 25.0 Å². The van der Waals surface area contributed by atoms with Crippen molar-refractivity contribution < 1.29 is 39.3 Å².